The first-order chi connectivity index (χ1) is 8.28. The van der Waals surface area contributed by atoms with E-state index < -0.39 is 0 Å². The highest BCUT2D eigenvalue weighted by Gasteiger charge is 2.03. The van der Waals surface area contributed by atoms with Gasteiger partial charge in [0.15, 0.2) is 0 Å². The standard InChI is InChI=1S/C12H15N3O2/c1-3-13-12-14-9(2)7-11(15-12)17-8-10-5-4-6-16-10/h4-7H,3,8H2,1-2H3,(H,13,14,15). The third-order valence-electron chi connectivity index (χ3n) is 2.11. The fourth-order valence-electron chi connectivity index (χ4n) is 1.39. The lowest BCUT2D eigenvalue weighted by atomic mass is 10.4. The van der Waals surface area contributed by atoms with E-state index in [0.717, 1.165) is 18.0 Å². The van der Waals surface area contributed by atoms with Crippen LogP contribution < -0.4 is 10.1 Å². The molecule has 2 heterocycles. The lowest BCUT2D eigenvalue weighted by Crippen LogP contribution is -2.05. The first-order valence-corrected chi connectivity index (χ1v) is 5.52. The van der Waals surface area contributed by atoms with Crippen LogP contribution in [0.1, 0.15) is 18.4 Å². The lowest BCUT2D eigenvalue weighted by molar-refractivity contribution is 0.260. The van der Waals surface area contributed by atoms with E-state index in [9.17, 15) is 0 Å². The molecule has 2 aromatic heterocycles. The maximum atomic E-state index is 5.53. The molecule has 0 bridgehead atoms. The summed E-state index contributed by atoms with van der Waals surface area (Å²) in [7, 11) is 0. The second kappa shape index (κ2) is 5.34. The Morgan fingerprint density at radius 2 is 2.29 bits per heavy atom. The Hall–Kier alpha value is -2.04. The van der Waals surface area contributed by atoms with Crippen LogP contribution in [0.4, 0.5) is 5.95 Å². The van der Waals surface area contributed by atoms with Crippen LogP contribution in [0.15, 0.2) is 28.9 Å². The molecular formula is C12H15N3O2. The third-order valence-corrected chi connectivity index (χ3v) is 2.11. The highest BCUT2D eigenvalue weighted by molar-refractivity contribution is 5.30. The monoisotopic (exact) mass is 233 g/mol. The minimum absolute atomic E-state index is 0.370. The molecule has 1 N–H and O–H groups in total. The number of furan rings is 1. The van der Waals surface area contributed by atoms with E-state index in [-0.39, 0.29) is 0 Å². The number of aromatic nitrogens is 2. The maximum absolute atomic E-state index is 5.53. The van der Waals surface area contributed by atoms with Crippen LogP contribution in [0.5, 0.6) is 5.88 Å². The number of hydrogen-bond donors (Lipinski definition) is 1. The number of hydrogen-bond acceptors (Lipinski definition) is 5. The molecule has 5 nitrogen and oxygen atoms in total. The molecule has 2 rings (SSSR count). The Balaban J connectivity index is 2.04. The Kier molecular flexibility index (Phi) is 3.59. The zero-order valence-electron chi connectivity index (χ0n) is 9.93. The average molecular weight is 233 g/mol. The first-order valence-electron chi connectivity index (χ1n) is 5.52. The van der Waals surface area contributed by atoms with Crippen LogP contribution in [0.3, 0.4) is 0 Å². The van der Waals surface area contributed by atoms with Gasteiger partial charge >= 0.3 is 0 Å². The van der Waals surface area contributed by atoms with E-state index in [4.69, 9.17) is 9.15 Å². The van der Waals surface area contributed by atoms with E-state index in [2.05, 4.69) is 15.3 Å². The van der Waals surface area contributed by atoms with Gasteiger partial charge in [-0.25, -0.2) is 4.98 Å². The molecule has 0 amide bonds. The highest BCUT2D eigenvalue weighted by atomic mass is 16.5. The highest BCUT2D eigenvalue weighted by Crippen LogP contribution is 2.13. The molecule has 90 valence electrons. The average Bonchev–Trinajstić information content (AvgIpc) is 2.79. The summed E-state index contributed by atoms with van der Waals surface area (Å²) in [5.41, 5.74) is 0.866. The second-order valence-electron chi connectivity index (χ2n) is 3.57. The number of nitrogens with zero attached hydrogens (tertiary/aromatic N) is 2. The fourth-order valence-corrected chi connectivity index (χ4v) is 1.39. The topological polar surface area (TPSA) is 60.2 Å². The summed E-state index contributed by atoms with van der Waals surface area (Å²) in [6, 6.07) is 5.48. The Bertz CT molecular complexity index is 469. The molecule has 5 heteroatoms. The fraction of sp³-hybridized carbons (Fsp3) is 0.333. The minimum Gasteiger partial charge on any atom is -0.469 e. The summed E-state index contributed by atoms with van der Waals surface area (Å²) in [5.74, 6) is 1.90. The predicted molar refractivity (Wildman–Crippen MR) is 64.0 cm³/mol. The lowest BCUT2D eigenvalue weighted by Gasteiger charge is -2.07. The molecule has 2 aromatic rings. The van der Waals surface area contributed by atoms with E-state index >= 15 is 0 Å². The molecule has 0 aliphatic rings. The van der Waals surface area contributed by atoms with Crippen LogP contribution in [-0.2, 0) is 6.61 Å². The van der Waals surface area contributed by atoms with Crippen molar-refractivity contribution in [3.63, 3.8) is 0 Å². The van der Waals surface area contributed by atoms with E-state index in [1.807, 2.05) is 26.0 Å². The summed E-state index contributed by atoms with van der Waals surface area (Å²) in [5, 5.41) is 3.06. The number of nitrogens with one attached hydrogen (secondary N) is 1. The minimum atomic E-state index is 0.370. The van der Waals surface area contributed by atoms with Crippen LogP contribution in [0.2, 0.25) is 0 Å². The predicted octanol–water partition coefficient (Wildman–Crippen LogP) is 2.39. The van der Waals surface area contributed by atoms with Crippen molar-refractivity contribution in [3.05, 3.63) is 35.9 Å². The van der Waals surface area contributed by atoms with Gasteiger partial charge in [-0.3, -0.25) is 0 Å². The molecule has 0 unspecified atom stereocenters. The van der Waals surface area contributed by atoms with Crippen molar-refractivity contribution in [2.75, 3.05) is 11.9 Å². The zero-order chi connectivity index (χ0) is 12.1. The van der Waals surface area contributed by atoms with Gasteiger partial charge in [0.05, 0.1) is 6.26 Å². The SMILES string of the molecule is CCNc1nc(C)cc(OCc2ccco2)n1. The molecule has 0 saturated heterocycles. The summed E-state index contributed by atoms with van der Waals surface area (Å²) in [6.07, 6.45) is 1.62. The molecule has 0 aliphatic carbocycles. The van der Waals surface area contributed by atoms with Crippen molar-refractivity contribution in [2.24, 2.45) is 0 Å². The van der Waals surface area contributed by atoms with Gasteiger partial charge in [0.1, 0.15) is 12.4 Å². The van der Waals surface area contributed by atoms with Crippen LogP contribution in [-0.4, -0.2) is 16.5 Å². The maximum Gasteiger partial charge on any atom is 0.226 e. The molecule has 0 atom stereocenters. The molecule has 0 saturated carbocycles. The van der Waals surface area contributed by atoms with Crippen molar-refractivity contribution in [1.29, 1.82) is 0 Å². The van der Waals surface area contributed by atoms with Gasteiger partial charge in [-0.2, -0.15) is 4.98 Å². The smallest absolute Gasteiger partial charge is 0.226 e. The molecule has 0 aliphatic heterocycles. The molecule has 17 heavy (non-hydrogen) atoms. The Morgan fingerprint density at radius 1 is 1.41 bits per heavy atom. The second-order valence-corrected chi connectivity index (χ2v) is 3.57. The summed E-state index contributed by atoms with van der Waals surface area (Å²) < 4.78 is 10.7. The van der Waals surface area contributed by atoms with Gasteiger partial charge in [0.2, 0.25) is 11.8 Å². The van der Waals surface area contributed by atoms with E-state index in [1.54, 1.807) is 12.3 Å². The van der Waals surface area contributed by atoms with Gasteiger partial charge in [-0.1, -0.05) is 0 Å². The number of rotatable bonds is 5. The van der Waals surface area contributed by atoms with Gasteiger partial charge in [-0.05, 0) is 26.0 Å². The van der Waals surface area contributed by atoms with Crippen molar-refractivity contribution in [1.82, 2.24) is 9.97 Å². The van der Waals surface area contributed by atoms with Crippen molar-refractivity contribution in [2.45, 2.75) is 20.5 Å². The number of aryl methyl sites for hydroxylation is 1. The first kappa shape index (κ1) is 11.4. The number of anilines is 1. The summed E-state index contributed by atoms with van der Waals surface area (Å²) in [6.45, 7) is 5.05. The third kappa shape index (κ3) is 3.21. The van der Waals surface area contributed by atoms with Gasteiger partial charge < -0.3 is 14.5 Å². The summed E-state index contributed by atoms with van der Waals surface area (Å²) in [4.78, 5) is 8.48. The quantitative estimate of drug-likeness (QED) is 0.859. The van der Waals surface area contributed by atoms with E-state index in [0.29, 0.717) is 18.4 Å². The Labute approximate surface area is 99.8 Å². The number of ether oxygens (including phenoxy) is 1. The van der Waals surface area contributed by atoms with Crippen molar-refractivity contribution < 1.29 is 9.15 Å². The normalized spacial score (nSPS) is 10.2. The van der Waals surface area contributed by atoms with Gasteiger partial charge in [0, 0.05) is 18.3 Å². The van der Waals surface area contributed by atoms with Crippen molar-refractivity contribution >= 4 is 5.95 Å². The molecule has 0 aromatic carbocycles. The summed E-state index contributed by atoms with van der Waals surface area (Å²) >= 11 is 0. The van der Waals surface area contributed by atoms with Crippen molar-refractivity contribution in [3.8, 4) is 5.88 Å². The molecule has 0 spiro atoms. The largest absolute Gasteiger partial charge is 0.469 e. The molecule has 0 fully saturated rings. The van der Waals surface area contributed by atoms with Gasteiger partial charge in [0.25, 0.3) is 0 Å². The van der Waals surface area contributed by atoms with Crippen LogP contribution in [0, 0.1) is 6.92 Å². The van der Waals surface area contributed by atoms with E-state index in [1.165, 1.54) is 0 Å². The van der Waals surface area contributed by atoms with Crippen LogP contribution in [0.25, 0.3) is 0 Å². The van der Waals surface area contributed by atoms with Crippen LogP contribution >= 0.6 is 0 Å². The Morgan fingerprint density at radius 3 is 3.00 bits per heavy atom. The molecule has 0 radical (unpaired) electrons. The zero-order valence-corrected chi connectivity index (χ0v) is 9.93. The molecular weight excluding hydrogens is 218 g/mol. The van der Waals surface area contributed by atoms with Gasteiger partial charge in [-0.15, -0.1) is 0 Å².